The van der Waals surface area contributed by atoms with E-state index in [9.17, 15) is 15.0 Å². The standard InChI is InChI=1S/C22H32O4/c1-3-4-7-15(2)20(23)11-10-18-19-13-16(8-5-6-9-22(25)26)12-17(19)14-21(18)24/h8,10-11,15,17-21,23-24H,5-7,9,12-14H2,1-2H3,(H,25,26)/b11-10?,16-8-/t15?,17-,18+,19-,20+,21+/m0/s1. The maximum absolute atomic E-state index is 10.6. The van der Waals surface area contributed by atoms with Crippen molar-refractivity contribution >= 4 is 5.97 Å². The van der Waals surface area contributed by atoms with Gasteiger partial charge in [-0.1, -0.05) is 30.7 Å². The second-order valence-corrected chi connectivity index (χ2v) is 7.84. The molecule has 3 N–H and O–H groups in total. The van der Waals surface area contributed by atoms with Gasteiger partial charge in [0, 0.05) is 18.8 Å². The molecule has 2 rings (SSSR count). The summed E-state index contributed by atoms with van der Waals surface area (Å²) in [5, 5.41) is 29.4. The third-order valence-corrected chi connectivity index (χ3v) is 5.85. The van der Waals surface area contributed by atoms with E-state index in [1.54, 1.807) is 6.92 Å². The molecule has 0 heterocycles. The maximum Gasteiger partial charge on any atom is 0.303 e. The predicted molar refractivity (Wildman–Crippen MR) is 102 cm³/mol. The van der Waals surface area contributed by atoms with Crippen LogP contribution in [-0.4, -0.2) is 33.5 Å². The van der Waals surface area contributed by atoms with Gasteiger partial charge in [0.1, 0.15) is 0 Å². The van der Waals surface area contributed by atoms with Crippen LogP contribution < -0.4 is 0 Å². The van der Waals surface area contributed by atoms with Crippen LogP contribution in [-0.2, 0) is 4.79 Å². The van der Waals surface area contributed by atoms with Gasteiger partial charge in [0.2, 0.25) is 0 Å². The first-order chi connectivity index (χ1) is 12.4. The number of hydrogen-bond donors (Lipinski definition) is 3. The summed E-state index contributed by atoms with van der Waals surface area (Å²) in [5.74, 6) is 6.25. The van der Waals surface area contributed by atoms with Gasteiger partial charge >= 0.3 is 5.97 Å². The minimum atomic E-state index is -0.738. The summed E-state index contributed by atoms with van der Waals surface area (Å²) in [4.78, 5) is 10.6. The van der Waals surface area contributed by atoms with Crippen molar-refractivity contribution in [1.82, 2.24) is 0 Å². The molecular weight excluding hydrogens is 328 g/mol. The summed E-state index contributed by atoms with van der Waals surface area (Å²) in [6.45, 7) is 3.79. The Labute approximate surface area is 157 Å². The third kappa shape index (κ3) is 5.72. The largest absolute Gasteiger partial charge is 0.481 e. The molecule has 0 radical (unpaired) electrons. The molecule has 2 saturated carbocycles. The first kappa shape index (κ1) is 20.7. The Morgan fingerprint density at radius 3 is 2.85 bits per heavy atom. The van der Waals surface area contributed by atoms with Crippen molar-refractivity contribution in [1.29, 1.82) is 0 Å². The Hall–Kier alpha value is -1.57. The van der Waals surface area contributed by atoms with E-state index in [-0.39, 0.29) is 24.4 Å². The first-order valence-corrected chi connectivity index (χ1v) is 9.76. The minimum absolute atomic E-state index is 0.0845. The zero-order chi connectivity index (χ0) is 19.1. The van der Waals surface area contributed by atoms with Gasteiger partial charge in [-0.3, -0.25) is 4.79 Å². The fraction of sp³-hybridized carbons (Fsp3) is 0.682. The molecule has 4 heteroatoms. The van der Waals surface area contributed by atoms with Gasteiger partial charge in [-0.15, -0.1) is 11.8 Å². The molecule has 144 valence electrons. The molecule has 1 unspecified atom stereocenters. The van der Waals surface area contributed by atoms with Crippen LogP contribution >= 0.6 is 0 Å². The second kappa shape index (κ2) is 9.94. The molecule has 0 bridgehead atoms. The van der Waals surface area contributed by atoms with E-state index in [2.05, 4.69) is 17.9 Å². The number of aliphatic hydroxyl groups is 2. The molecule has 26 heavy (non-hydrogen) atoms. The molecule has 4 nitrogen and oxygen atoms in total. The van der Waals surface area contributed by atoms with Gasteiger partial charge < -0.3 is 15.3 Å². The molecule has 2 fully saturated rings. The van der Waals surface area contributed by atoms with Crippen LogP contribution in [0.2, 0.25) is 0 Å². The number of hydrogen-bond acceptors (Lipinski definition) is 3. The van der Waals surface area contributed by atoms with E-state index in [4.69, 9.17) is 5.11 Å². The highest BCUT2D eigenvalue weighted by Crippen LogP contribution is 2.50. The number of rotatable bonds is 8. The molecule has 2 aliphatic carbocycles. The predicted octanol–water partition coefficient (Wildman–Crippen LogP) is 3.54. The second-order valence-electron chi connectivity index (χ2n) is 7.84. The molecule has 0 aliphatic heterocycles. The van der Waals surface area contributed by atoms with E-state index >= 15 is 0 Å². The lowest BCUT2D eigenvalue weighted by Crippen LogP contribution is -2.19. The van der Waals surface area contributed by atoms with Gasteiger partial charge in [-0.25, -0.2) is 0 Å². The monoisotopic (exact) mass is 360 g/mol. The van der Waals surface area contributed by atoms with Crippen LogP contribution in [0.25, 0.3) is 0 Å². The summed E-state index contributed by atoms with van der Waals surface area (Å²) in [5.41, 5.74) is 1.41. The Kier molecular flexibility index (Phi) is 7.93. The molecule has 0 spiro atoms. The lowest BCUT2D eigenvalue weighted by atomic mass is 9.89. The zero-order valence-electron chi connectivity index (χ0n) is 15.9. The van der Waals surface area contributed by atoms with Crippen LogP contribution in [0.4, 0.5) is 0 Å². The van der Waals surface area contributed by atoms with Gasteiger partial charge in [-0.05, 0) is 56.8 Å². The number of aliphatic carboxylic acids is 1. The normalized spacial score (nSPS) is 31.6. The molecule has 2 aliphatic rings. The number of carboxylic acid groups (broad SMARTS) is 1. The lowest BCUT2D eigenvalue weighted by molar-refractivity contribution is -0.137. The number of unbranched alkanes of at least 4 members (excludes halogenated alkanes) is 1. The van der Waals surface area contributed by atoms with Crippen molar-refractivity contribution in [2.45, 2.75) is 71.0 Å². The number of carbonyl (C=O) groups is 1. The smallest absolute Gasteiger partial charge is 0.303 e. The highest BCUT2D eigenvalue weighted by Gasteiger charge is 2.44. The van der Waals surface area contributed by atoms with E-state index in [1.807, 2.05) is 19.1 Å². The zero-order valence-corrected chi connectivity index (χ0v) is 15.9. The SMILES string of the molecule is CC#CCC(C)[C@H](O)C=C[C@@H]1[C@H]2C/C(=C\CCCC(=O)O)C[C@H]2C[C@H]1O. The summed E-state index contributed by atoms with van der Waals surface area (Å²) in [6, 6.07) is 0. The van der Waals surface area contributed by atoms with Gasteiger partial charge in [0.25, 0.3) is 0 Å². The topological polar surface area (TPSA) is 77.8 Å². The molecule has 0 aromatic rings. The van der Waals surface area contributed by atoms with Crippen molar-refractivity contribution in [2.24, 2.45) is 23.7 Å². The van der Waals surface area contributed by atoms with Crippen molar-refractivity contribution < 1.29 is 20.1 Å². The van der Waals surface area contributed by atoms with Crippen molar-refractivity contribution in [3.63, 3.8) is 0 Å². The maximum atomic E-state index is 10.6. The number of fused-ring (bicyclic) bond motifs is 1. The van der Waals surface area contributed by atoms with Crippen molar-refractivity contribution in [2.75, 3.05) is 0 Å². The number of aliphatic hydroxyl groups excluding tert-OH is 2. The number of allylic oxidation sites excluding steroid dienone is 2. The summed E-state index contributed by atoms with van der Waals surface area (Å²) in [6.07, 6.45) is 10.4. The molecule has 0 aromatic heterocycles. The molecule has 0 saturated heterocycles. The van der Waals surface area contributed by atoms with Crippen molar-refractivity contribution in [3.05, 3.63) is 23.8 Å². The van der Waals surface area contributed by atoms with E-state index < -0.39 is 12.1 Å². The Balaban J connectivity index is 1.89. The summed E-state index contributed by atoms with van der Waals surface area (Å²) < 4.78 is 0. The number of carboxylic acids is 1. The molecule has 0 amide bonds. The highest BCUT2D eigenvalue weighted by atomic mass is 16.4. The van der Waals surface area contributed by atoms with E-state index in [0.717, 1.165) is 25.7 Å². The summed E-state index contributed by atoms with van der Waals surface area (Å²) >= 11 is 0. The highest BCUT2D eigenvalue weighted by molar-refractivity contribution is 5.66. The summed E-state index contributed by atoms with van der Waals surface area (Å²) in [7, 11) is 0. The Bertz CT molecular complexity index is 595. The van der Waals surface area contributed by atoms with Gasteiger partial charge in [-0.2, -0.15) is 0 Å². The molecule has 0 aromatic carbocycles. The van der Waals surface area contributed by atoms with Crippen LogP contribution in [0.1, 0.15) is 58.8 Å². The average Bonchev–Trinajstić information content (AvgIpc) is 3.10. The molecule has 6 atom stereocenters. The Morgan fingerprint density at radius 2 is 2.15 bits per heavy atom. The molecular formula is C22H32O4. The van der Waals surface area contributed by atoms with E-state index in [1.165, 1.54) is 5.57 Å². The van der Waals surface area contributed by atoms with E-state index in [0.29, 0.717) is 24.7 Å². The third-order valence-electron chi connectivity index (χ3n) is 5.85. The first-order valence-electron chi connectivity index (χ1n) is 9.76. The fourth-order valence-electron chi connectivity index (χ4n) is 4.31. The quantitative estimate of drug-likeness (QED) is 0.351. The Morgan fingerprint density at radius 1 is 1.38 bits per heavy atom. The van der Waals surface area contributed by atoms with Gasteiger partial charge in [0.05, 0.1) is 12.2 Å². The van der Waals surface area contributed by atoms with Crippen LogP contribution in [0, 0.1) is 35.5 Å². The van der Waals surface area contributed by atoms with Crippen LogP contribution in [0.3, 0.4) is 0 Å². The van der Waals surface area contributed by atoms with Gasteiger partial charge in [0.15, 0.2) is 0 Å². The van der Waals surface area contributed by atoms with Crippen LogP contribution in [0.15, 0.2) is 23.8 Å². The lowest BCUT2D eigenvalue weighted by Gasteiger charge is -2.19. The average molecular weight is 360 g/mol. The van der Waals surface area contributed by atoms with Crippen molar-refractivity contribution in [3.8, 4) is 11.8 Å². The minimum Gasteiger partial charge on any atom is -0.481 e. The fourth-order valence-corrected chi connectivity index (χ4v) is 4.31. The van der Waals surface area contributed by atoms with Crippen LogP contribution in [0.5, 0.6) is 0 Å².